The van der Waals surface area contributed by atoms with Crippen LogP contribution in [0.15, 0.2) is 71.3 Å². The van der Waals surface area contributed by atoms with Crippen LogP contribution < -0.4 is 4.74 Å². The molecule has 2 aromatic carbocycles. The summed E-state index contributed by atoms with van der Waals surface area (Å²) in [6, 6.07) is 14.4. The van der Waals surface area contributed by atoms with Crippen molar-refractivity contribution in [3.8, 4) is 5.75 Å². The molecule has 122 valence electrons. The van der Waals surface area contributed by atoms with Crippen LogP contribution in [0.25, 0.3) is 0 Å². The Hall–Kier alpha value is -2.61. The molecule has 0 atom stereocenters. The van der Waals surface area contributed by atoms with Crippen molar-refractivity contribution < 1.29 is 4.74 Å². The van der Waals surface area contributed by atoms with Crippen molar-refractivity contribution in [1.29, 1.82) is 0 Å². The summed E-state index contributed by atoms with van der Waals surface area (Å²) >= 11 is 0. The topological polar surface area (TPSA) is 21.6 Å². The van der Waals surface area contributed by atoms with E-state index in [4.69, 9.17) is 9.73 Å². The van der Waals surface area contributed by atoms with Crippen LogP contribution in [0.1, 0.15) is 29.5 Å². The third-order valence-electron chi connectivity index (χ3n) is 4.35. The predicted molar refractivity (Wildman–Crippen MR) is 102 cm³/mol. The average Bonchev–Trinajstić information content (AvgIpc) is 3.08. The van der Waals surface area contributed by atoms with Gasteiger partial charge in [-0.2, -0.15) is 0 Å². The molecule has 1 aliphatic carbocycles. The van der Waals surface area contributed by atoms with Crippen molar-refractivity contribution in [3.63, 3.8) is 0 Å². The molecule has 0 amide bonds. The summed E-state index contributed by atoms with van der Waals surface area (Å²) in [7, 11) is 1.68. The van der Waals surface area contributed by atoms with E-state index in [0.29, 0.717) is 0 Å². The van der Waals surface area contributed by atoms with Gasteiger partial charge in [-0.1, -0.05) is 42.0 Å². The number of hydrogen-bond donors (Lipinski definition) is 0. The highest BCUT2D eigenvalue weighted by Gasteiger charge is 2.13. The lowest BCUT2D eigenvalue weighted by Gasteiger charge is -2.14. The van der Waals surface area contributed by atoms with Gasteiger partial charge in [0.25, 0.3) is 0 Å². The molecular formula is C22H23NO. The number of ether oxygens (including phenoxy) is 1. The summed E-state index contributed by atoms with van der Waals surface area (Å²) < 4.78 is 5.24. The van der Waals surface area contributed by atoms with Gasteiger partial charge in [0.2, 0.25) is 0 Å². The fraction of sp³-hybridized carbons (Fsp3) is 0.227. The molecule has 0 bridgehead atoms. The van der Waals surface area contributed by atoms with Crippen molar-refractivity contribution in [3.05, 3.63) is 83.0 Å². The first-order valence-corrected chi connectivity index (χ1v) is 8.30. The van der Waals surface area contributed by atoms with Crippen LogP contribution in [-0.2, 0) is 0 Å². The molecule has 0 saturated heterocycles. The Morgan fingerprint density at radius 3 is 2.33 bits per heavy atom. The van der Waals surface area contributed by atoms with E-state index in [0.717, 1.165) is 30.0 Å². The Morgan fingerprint density at radius 2 is 1.75 bits per heavy atom. The highest BCUT2D eigenvalue weighted by molar-refractivity contribution is 6.05. The Balaban J connectivity index is 2.02. The number of nitrogens with zero attached hydrogens (tertiary/aromatic N) is 1. The first kappa shape index (κ1) is 16.3. The van der Waals surface area contributed by atoms with Crippen LogP contribution >= 0.6 is 0 Å². The van der Waals surface area contributed by atoms with Gasteiger partial charge in [-0.05, 0) is 55.7 Å². The lowest BCUT2D eigenvalue weighted by Crippen LogP contribution is -2.07. The minimum atomic E-state index is 0.852. The lowest BCUT2D eigenvalue weighted by atomic mass is 9.94. The maximum absolute atomic E-state index is 5.24. The van der Waals surface area contributed by atoms with Gasteiger partial charge in [0.15, 0.2) is 0 Å². The van der Waals surface area contributed by atoms with Gasteiger partial charge in [-0.3, -0.25) is 4.99 Å². The Labute approximate surface area is 144 Å². The number of benzene rings is 2. The highest BCUT2D eigenvalue weighted by Crippen LogP contribution is 2.26. The molecule has 0 aliphatic heterocycles. The van der Waals surface area contributed by atoms with Crippen LogP contribution in [0.2, 0.25) is 0 Å². The quantitative estimate of drug-likeness (QED) is 0.647. The highest BCUT2D eigenvalue weighted by atomic mass is 16.5. The maximum atomic E-state index is 5.24. The van der Waals surface area contributed by atoms with Crippen LogP contribution in [-0.4, -0.2) is 12.8 Å². The van der Waals surface area contributed by atoms with Crippen molar-refractivity contribution in [2.75, 3.05) is 7.11 Å². The molecule has 0 aromatic heterocycles. The summed E-state index contributed by atoms with van der Waals surface area (Å²) in [6.45, 7) is 4.32. The van der Waals surface area contributed by atoms with E-state index in [1.165, 1.54) is 22.3 Å². The summed E-state index contributed by atoms with van der Waals surface area (Å²) in [5, 5.41) is 0. The van der Waals surface area contributed by atoms with Gasteiger partial charge >= 0.3 is 0 Å². The van der Waals surface area contributed by atoms with Crippen molar-refractivity contribution >= 4 is 11.4 Å². The first-order chi connectivity index (χ1) is 11.7. The fourth-order valence-electron chi connectivity index (χ4n) is 3.10. The minimum absolute atomic E-state index is 0.852. The average molecular weight is 317 g/mol. The van der Waals surface area contributed by atoms with E-state index in [1.54, 1.807) is 7.11 Å². The normalized spacial score (nSPS) is 14.0. The smallest absolute Gasteiger partial charge is 0.119 e. The SMILES string of the molecule is COc1ccc(/N=C(/CC2=CC=CC2)c2c(C)cccc2C)cc1. The van der Waals surface area contributed by atoms with E-state index in [2.05, 4.69) is 50.3 Å². The number of aliphatic imine (C=N–C) groups is 1. The fourth-order valence-corrected chi connectivity index (χ4v) is 3.10. The number of hydrogen-bond acceptors (Lipinski definition) is 2. The number of aryl methyl sites for hydroxylation is 2. The van der Waals surface area contributed by atoms with Crippen molar-refractivity contribution in [2.24, 2.45) is 4.99 Å². The second-order valence-corrected chi connectivity index (χ2v) is 6.16. The molecule has 0 unspecified atom stereocenters. The van der Waals surface area contributed by atoms with Crippen LogP contribution in [0.5, 0.6) is 5.75 Å². The number of methoxy groups -OCH3 is 1. The van der Waals surface area contributed by atoms with Gasteiger partial charge in [0, 0.05) is 12.0 Å². The monoisotopic (exact) mass is 317 g/mol. The van der Waals surface area contributed by atoms with Gasteiger partial charge in [-0.25, -0.2) is 0 Å². The molecule has 2 aromatic rings. The second kappa shape index (κ2) is 7.31. The first-order valence-electron chi connectivity index (χ1n) is 8.30. The number of allylic oxidation sites excluding steroid dienone is 4. The van der Waals surface area contributed by atoms with Gasteiger partial charge < -0.3 is 4.74 Å². The van der Waals surface area contributed by atoms with Gasteiger partial charge in [0.05, 0.1) is 18.5 Å². The van der Waals surface area contributed by atoms with E-state index in [-0.39, 0.29) is 0 Å². The van der Waals surface area contributed by atoms with Crippen LogP contribution in [0.3, 0.4) is 0 Å². The molecule has 2 heteroatoms. The van der Waals surface area contributed by atoms with Gasteiger partial charge in [-0.15, -0.1) is 0 Å². The minimum Gasteiger partial charge on any atom is -0.497 e. The van der Waals surface area contributed by atoms with E-state index in [1.807, 2.05) is 24.3 Å². The van der Waals surface area contributed by atoms with E-state index in [9.17, 15) is 0 Å². The standard InChI is InChI=1S/C22H23NO/c1-16-7-6-8-17(2)22(16)21(15-18-9-4-5-10-18)23-19-11-13-20(24-3)14-12-19/h4-9,11-14H,10,15H2,1-3H3/b23-21-. The molecule has 0 radical (unpaired) electrons. The van der Waals surface area contributed by atoms with E-state index < -0.39 is 0 Å². The zero-order valence-corrected chi connectivity index (χ0v) is 14.5. The zero-order chi connectivity index (χ0) is 16.9. The summed E-state index contributed by atoms with van der Waals surface area (Å²) in [5.74, 6) is 0.852. The summed E-state index contributed by atoms with van der Waals surface area (Å²) in [4.78, 5) is 4.98. The molecule has 0 spiro atoms. The van der Waals surface area contributed by atoms with Crippen LogP contribution in [0.4, 0.5) is 5.69 Å². The third kappa shape index (κ3) is 3.65. The molecular weight excluding hydrogens is 294 g/mol. The van der Waals surface area contributed by atoms with Crippen molar-refractivity contribution in [1.82, 2.24) is 0 Å². The van der Waals surface area contributed by atoms with Crippen LogP contribution in [0, 0.1) is 13.8 Å². The molecule has 3 rings (SSSR count). The maximum Gasteiger partial charge on any atom is 0.119 e. The molecule has 24 heavy (non-hydrogen) atoms. The van der Waals surface area contributed by atoms with Crippen molar-refractivity contribution in [2.45, 2.75) is 26.7 Å². The largest absolute Gasteiger partial charge is 0.497 e. The zero-order valence-electron chi connectivity index (χ0n) is 14.5. The lowest BCUT2D eigenvalue weighted by molar-refractivity contribution is 0.415. The molecule has 0 N–H and O–H groups in total. The molecule has 0 saturated carbocycles. The summed E-state index contributed by atoms with van der Waals surface area (Å²) in [5.41, 5.74) is 7.30. The second-order valence-electron chi connectivity index (χ2n) is 6.16. The Morgan fingerprint density at radius 1 is 1.04 bits per heavy atom. The molecule has 1 aliphatic rings. The van der Waals surface area contributed by atoms with Gasteiger partial charge in [0.1, 0.15) is 5.75 Å². The molecule has 2 nitrogen and oxygen atoms in total. The third-order valence-corrected chi connectivity index (χ3v) is 4.35. The Bertz CT molecular complexity index is 790. The number of rotatable bonds is 5. The Kier molecular flexibility index (Phi) is 4.95. The predicted octanol–water partition coefficient (Wildman–Crippen LogP) is 5.71. The molecule has 0 heterocycles. The summed E-state index contributed by atoms with van der Waals surface area (Å²) in [6.07, 6.45) is 8.44. The molecule has 0 fully saturated rings. The van der Waals surface area contributed by atoms with E-state index >= 15 is 0 Å².